The maximum atomic E-state index is 14.5. The zero-order valence-corrected chi connectivity index (χ0v) is 25.0. The van der Waals surface area contributed by atoms with Gasteiger partial charge in [-0.2, -0.15) is 0 Å². The second-order valence-electron chi connectivity index (χ2n) is 12.6. The minimum Gasteiger partial charge on any atom is -0.465 e. The van der Waals surface area contributed by atoms with E-state index in [4.69, 9.17) is 4.74 Å². The van der Waals surface area contributed by atoms with Crippen LogP contribution in [0.4, 0.5) is 0 Å². The van der Waals surface area contributed by atoms with Crippen molar-refractivity contribution in [2.45, 2.75) is 101 Å². The van der Waals surface area contributed by atoms with Gasteiger partial charge in [0.1, 0.15) is 6.04 Å². The molecule has 3 aliphatic rings. The van der Waals surface area contributed by atoms with E-state index in [1.165, 1.54) is 0 Å². The summed E-state index contributed by atoms with van der Waals surface area (Å²) in [7, 11) is 0. The molecule has 2 bridgehead atoms. The molecule has 7 nitrogen and oxygen atoms in total. The number of hydrogen-bond acceptors (Lipinski definition) is 6. The molecule has 0 saturated carbocycles. The third kappa shape index (κ3) is 5.45. The van der Waals surface area contributed by atoms with E-state index in [9.17, 15) is 19.5 Å². The maximum absolute atomic E-state index is 14.5. The Morgan fingerprint density at radius 3 is 2.50 bits per heavy atom. The quantitative estimate of drug-likeness (QED) is 0.208. The summed E-state index contributed by atoms with van der Waals surface area (Å²) in [6, 6.07) is -1.25. The number of nitrogens with zero attached hydrogens (tertiary/aromatic N) is 2. The third-order valence-corrected chi connectivity index (χ3v) is 10.5. The number of allylic oxidation sites excluding steroid dienone is 1. The van der Waals surface area contributed by atoms with Crippen LogP contribution in [0.25, 0.3) is 0 Å². The van der Waals surface area contributed by atoms with Gasteiger partial charge in [-0.05, 0) is 64.7 Å². The standard InChI is InChI=1S/C30H48N2O5S/c1-9-11-12-13-15-37-28(36)23-22-17-20(5)30(38-22)24(23)26(34)32(21(18-33)16-19(3)4)25(30)27(35)31(14-10-2)29(6,7)8/h9-10,19-25,33H,1-2,11-18H2,3-8H3/t20?,21-,22-,23+,24+,25?,30?/m1/s1. The minimum absolute atomic E-state index is 0.0581. The number of carbonyl (C=O) groups excluding carboxylic acids is 3. The molecule has 3 fully saturated rings. The zero-order valence-electron chi connectivity index (χ0n) is 24.2. The molecule has 214 valence electrons. The van der Waals surface area contributed by atoms with Crippen LogP contribution in [0.2, 0.25) is 0 Å². The Morgan fingerprint density at radius 2 is 1.95 bits per heavy atom. The number of fused-ring (bicyclic) bond motifs is 1. The highest BCUT2D eigenvalue weighted by Gasteiger charge is 2.77. The number of aliphatic hydroxyl groups excluding tert-OH is 1. The van der Waals surface area contributed by atoms with E-state index in [2.05, 4.69) is 20.1 Å². The number of rotatable bonds is 13. The Balaban J connectivity index is 2.05. The lowest BCUT2D eigenvalue weighted by Crippen LogP contribution is -2.62. The second-order valence-corrected chi connectivity index (χ2v) is 14.2. The molecule has 1 N–H and O–H groups in total. The molecule has 3 unspecified atom stereocenters. The summed E-state index contributed by atoms with van der Waals surface area (Å²) in [5.74, 6) is -1.58. The van der Waals surface area contributed by atoms with Crippen LogP contribution in [0, 0.1) is 23.7 Å². The summed E-state index contributed by atoms with van der Waals surface area (Å²) in [5, 5.41) is 10.4. The molecule has 0 aromatic heterocycles. The molecule has 38 heavy (non-hydrogen) atoms. The van der Waals surface area contributed by atoms with E-state index in [1.807, 2.05) is 40.7 Å². The van der Waals surface area contributed by atoms with Gasteiger partial charge >= 0.3 is 5.97 Å². The Labute approximate surface area is 233 Å². The van der Waals surface area contributed by atoms with Crippen molar-refractivity contribution in [3.8, 4) is 0 Å². The van der Waals surface area contributed by atoms with Crippen LogP contribution in [0.3, 0.4) is 0 Å². The van der Waals surface area contributed by atoms with Crippen LogP contribution < -0.4 is 0 Å². The van der Waals surface area contributed by atoms with Crippen molar-refractivity contribution >= 4 is 29.5 Å². The van der Waals surface area contributed by atoms with Crippen molar-refractivity contribution in [1.82, 2.24) is 9.80 Å². The lowest BCUT2D eigenvalue weighted by Gasteiger charge is -2.45. The lowest BCUT2D eigenvalue weighted by atomic mass is 9.66. The summed E-state index contributed by atoms with van der Waals surface area (Å²) >= 11 is 1.65. The number of thioether (sulfide) groups is 1. The molecule has 2 amide bonds. The molecule has 0 aliphatic carbocycles. The predicted octanol–water partition coefficient (Wildman–Crippen LogP) is 4.44. The predicted molar refractivity (Wildman–Crippen MR) is 153 cm³/mol. The van der Waals surface area contributed by atoms with Gasteiger partial charge in [0.05, 0.1) is 35.8 Å². The largest absolute Gasteiger partial charge is 0.465 e. The first-order chi connectivity index (χ1) is 17.9. The summed E-state index contributed by atoms with van der Waals surface area (Å²) in [6.07, 6.45) is 7.41. The normalized spacial score (nSPS) is 30.9. The van der Waals surface area contributed by atoms with Gasteiger partial charge in [-0.3, -0.25) is 14.4 Å². The fourth-order valence-corrected chi connectivity index (χ4v) is 9.24. The Morgan fingerprint density at radius 1 is 1.26 bits per heavy atom. The molecule has 0 radical (unpaired) electrons. The van der Waals surface area contributed by atoms with E-state index in [1.54, 1.807) is 27.6 Å². The average molecular weight is 549 g/mol. The Hall–Kier alpha value is -1.80. The Bertz CT molecular complexity index is 915. The van der Waals surface area contributed by atoms with Crippen LogP contribution in [0.1, 0.15) is 73.6 Å². The molecule has 0 aromatic carbocycles. The molecule has 8 heteroatoms. The first-order valence-corrected chi connectivity index (χ1v) is 15.0. The topological polar surface area (TPSA) is 87.1 Å². The van der Waals surface area contributed by atoms with Crippen LogP contribution in [-0.4, -0.2) is 80.1 Å². The first-order valence-electron chi connectivity index (χ1n) is 14.2. The molecule has 3 heterocycles. The Kier molecular flexibility index (Phi) is 9.83. The third-order valence-electron chi connectivity index (χ3n) is 8.47. The number of esters is 1. The average Bonchev–Trinajstić information content (AvgIpc) is 3.43. The highest BCUT2D eigenvalue weighted by Crippen LogP contribution is 2.69. The van der Waals surface area contributed by atoms with Gasteiger partial charge in [-0.1, -0.05) is 32.9 Å². The summed E-state index contributed by atoms with van der Waals surface area (Å²) < 4.78 is 4.99. The number of likely N-dealkylation sites (tertiary alicyclic amines) is 1. The van der Waals surface area contributed by atoms with Crippen LogP contribution in [0.15, 0.2) is 25.3 Å². The monoisotopic (exact) mass is 548 g/mol. The van der Waals surface area contributed by atoms with Crippen molar-refractivity contribution in [3.05, 3.63) is 25.3 Å². The van der Waals surface area contributed by atoms with Crippen molar-refractivity contribution in [2.75, 3.05) is 19.8 Å². The fourth-order valence-electron chi connectivity index (χ4n) is 6.85. The SMILES string of the molecule is C=CCCCCOC(=O)[C@@H]1[C@H]2C(=O)N([C@@H](CO)CC(C)C)C(C(=O)N(CC=C)C(C)(C)C)C23S[C@@H]1CC3C. The van der Waals surface area contributed by atoms with Crippen LogP contribution >= 0.6 is 11.8 Å². The molecule has 0 aromatic rings. The number of aliphatic hydroxyl groups is 1. The van der Waals surface area contributed by atoms with Gasteiger partial charge in [-0.25, -0.2) is 0 Å². The van der Waals surface area contributed by atoms with Gasteiger partial charge < -0.3 is 19.6 Å². The molecule has 7 atom stereocenters. The fraction of sp³-hybridized carbons (Fsp3) is 0.767. The summed E-state index contributed by atoms with van der Waals surface area (Å²) in [4.78, 5) is 45.8. The van der Waals surface area contributed by atoms with Crippen molar-refractivity contribution in [2.24, 2.45) is 23.7 Å². The number of hydrogen-bond donors (Lipinski definition) is 1. The molecule has 3 aliphatic heterocycles. The van der Waals surface area contributed by atoms with Crippen molar-refractivity contribution in [1.29, 1.82) is 0 Å². The van der Waals surface area contributed by atoms with E-state index in [0.29, 0.717) is 19.6 Å². The van der Waals surface area contributed by atoms with Crippen LogP contribution in [0.5, 0.6) is 0 Å². The van der Waals surface area contributed by atoms with Gasteiger partial charge in [0.25, 0.3) is 0 Å². The molecule has 1 spiro atoms. The number of ether oxygens (including phenoxy) is 1. The van der Waals surface area contributed by atoms with Gasteiger partial charge in [0.2, 0.25) is 11.8 Å². The number of carbonyl (C=O) groups is 3. The van der Waals surface area contributed by atoms with Crippen molar-refractivity contribution in [3.63, 3.8) is 0 Å². The highest BCUT2D eigenvalue weighted by atomic mass is 32.2. The minimum atomic E-state index is -0.759. The van der Waals surface area contributed by atoms with E-state index in [0.717, 1.165) is 25.7 Å². The van der Waals surface area contributed by atoms with E-state index in [-0.39, 0.29) is 41.5 Å². The lowest BCUT2D eigenvalue weighted by molar-refractivity contribution is -0.155. The molecule has 3 rings (SSSR count). The van der Waals surface area contributed by atoms with Crippen LogP contribution in [-0.2, 0) is 19.1 Å². The summed E-state index contributed by atoms with van der Waals surface area (Å²) in [5.41, 5.74) is -0.490. The van der Waals surface area contributed by atoms with E-state index >= 15 is 0 Å². The highest BCUT2D eigenvalue weighted by molar-refractivity contribution is 8.02. The smallest absolute Gasteiger partial charge is 0.310 e. The second kappa shape index (κ2) is 12.2. The van der Waals surface area contributed by atoms with Gasteiger partial charge in [0, 0.05) is 17.3 Å². The van der Waals surface area contributed by atoms with Gasteiger partial charge in [-0.15, -0.1) is 24.9 Å². The molecular formula is C30H48N2O5S. The number of unbranched alkanes of at least 4 members (excludes halogenated alkanes) is 2. The molecular weight excluding hydrogens is 500 g/mol. The van der Waals surface area contributed by atoms with Gasteiger partial charge in [0.15, 0.2) is 0 Å². The first kappa shape index (κ1) is 30.7. The van der Waals surface area contributed by atoms with E-state index < -0.39 is 34.2 Å². The zero-order chi connectivity index (χ0) is 28.4. The molecule has 3 saturated heterocycles. The summed E-state index contributed by atoms with van der Waals surface area (Å²) in [6.45, 7) is 20.2. The number of amides is 2. The van der Waals surface area contributed by atoms with Crippen molar-refractivity contribution < 1.29 is 24.2 Å². The maximum Gasteiger partial charge on any atom is 0.310 e.